The lowest BCUT2D eigenvalue weighted by atomic mass is 10.1. The van der Waals surface area contributed by atoms with Gasteiger partial charge in [-0.1, -0.05) is 31.5 Å². The van der Waals surface area contributed by atoms with E-state index in [0.29, 0.717) is 31.4 Å². The molecule has 8 heteroatoms. The van der Waals surface area contributed by atoms with Gasteiger partial charge in [-0.25, -0.2) is 9.37 Å². The van der Waals surface area contributed by atoms with Crippen LogP contribution < -0.4 is 0 Å². The zero-order chi connectivity index (χ0) is 17.6. The third-order valence-corrected chi connectivity index (χ3v) is 4.16. The van der Waals surface area contributed by atoms with Crippen molar-refractivity contribution in [2.75, 3.05) is 26.7 Å². The van der Waals surface area contributed by atoms with Crippen LogP contribution in [0.25, 0.3) is 0 Å². The maximum atomic E-state index is 13.0. The number of hydrazone groups is 1. The summed E-state index contributed by atoms with van der Waals surface area (Å²) in [6, 6.07) is -0.892. The van der Waals surface area contributed by atoms with Gasteiger partial charge in [-0.05, 0) is 12.8 Å². The van der Waals surface area contributed by atoms with Crippen molar-refractivity contribution in [3.05, 3.63) is 12.7 Å². The molecule has 24 heavy (non-hydrogen) atoms. The quantitative estimate of drug-likeness (QED) is 0.558. The molecule has 3 amide bonds. The SMILES string of the molecule is C=CCN1N=C(C)C[N+]2=C1N=C1C2C(=O)N(CC(C)C)C(=O)N1C. The van der Waals surface area contributed by atoms with Gasteiger partial charge in [0.05, 0.1) is 5.71 Å². The summed E-state index contributed by atoms with van der Waals surface area (Å²) in [7, 11) is 1.67. The Labute approximate surface area is 141 Å². The van der Waals surface area contributed by atoms with E-state index in [1.807, 2.05) is 25.3 Å². The summed E-state index contributed by atoms with van der Waals surface area (Å²) in [4.78, 5) is 32.9. The number of amidine groups is 1. The van der Waals surface area contributed by atoms with Crippen LogP contribution in [0.15, 0.2) is 22.7 Å². The van der Waals surface area contributed by atoms with Crippen LogP contribution in [0.3, 0.4) is 0 Å². The molecule has 1 atom stereocenters. The molecule has 0 N–H and O–H groups in total. The maximum absolute atomic E-state index is 13.0. The van der Waals surface area contributed by atoms with E-state index in [1.54, 1.807) is 18.1 Å². The van der Waals surface area contributed by atoms with E-state index in [0.717, 1.165) is 5.71 Å². The molecule has 1 fully saturated rings. The van der Waals surface area contributed by atoms with Gasteiger partial charge >= 0.3 is 12.0 Å². The minimum atomic E-state index is -0.570. The molecule has 0 aromatic heterocycles. The van der Waals surface area contributed by atoms with Crippen molar-refractivity contribution in [1.82, 2.24) is 14.8 Å². The topological polar surface area (TPSA) is 71.6 Å². The van der Waals surface area contributed by atoms with Crippen molar-refractivity contribution in [3.8, 4) is 0 Å². The number of likely N-dealkylation sites (N-methyl/N-ethyl adjacent to an activating group) is 1. The first-order valence-electron chi connectivity index (χ1n) is 8.09. The Balaban J connectivity index is 2.01. The average molecular weight is 331 g/mol. The smallest absolute Gasteiger partial charge is 0.270 e. The number of amides is 3. The fraction of sp³-hybridized carbons (Fsp3) is 0.562. The third kappa shape index (κ3) is 2.42. The van der Waals surface area contributed by atoms with Crippen molar-refractivity contribution in [2.45, 2.75) is 26.8 Å². The summed E-state index contributed by atoms with van der Waals surface area (Å²) < 4.78 is 1.92. The summed E-state index contributed by atoms with van der Waals surface area (Å²) in [5, 5.41) is 6.19. The number of carbonyl (C=O) groups is 2. The van der Waals surface area contributed by atoms with Crippen LogP contribution in [0, 0.1) is 5.92 Å². The Bertz CT molecular complexity index is 705. The van der Waals surface area contributed by atoms with Crippen LogP contribution in [0.1, 0.15) is 20.8 Å². The maximum Gasteiger partial charge on any atom is 0.417 e. The minimum Gasteiger partial charge on any atom is -0.270 e. The van der Waals surface area contributed by atoms with Gasteiger partial charge in [-0.15, -0.1) is 10.1 Å². The largest absolute Gasteiger partial charge is 0.417 e. The molecule has 3 aliphatic heterocycles. The Morgan fingerprint density at radius 1 is 1.42 bits per heavy atom. The lowest BCUT2D eigenvalue weighted by Crippen LogP contribution is -2.63. The lowest BCUT2D eigenvalue weighted by Gasteiger charge is -2.35. The number of urea groups is 1. The van der Waals surface area contributed by atoms with E-state index in [-0.39, 0.29) is 17.9 Å². The van der Waals surface area contributed by atoms with Gasteiger partial charge in [0.15, 0.2) is 0 Å². The monoisotopic (exact) mass is 331 g/mol. The van der Waals surface area contributed by atoms with Crippen LogP contribution in [-0.2, 0) is 4.79 Å². The molecule has 128 valence electrons. The van der Waals surface area contributed by atoms with Crippen LogP contribution in [-0.4, -0.2) is 81.6 Å². The molecule has 8 nitrogen and oxygen atoms in total. The fourth-order valence-electron chi connectivity index (χ4n) is 3.18. The summed E-state index contributed by atoms with van der Waals surface area (Å²) >= 11 is 0. The van der Waals surface area contributed by atoms with Gasteiger partial charge in [-0.2, -0.15) is 0 Å². The highest BCUT2D eigenvalue weighted by Crippen LogP contribution is 2.23. The molecule has 3 rings (SSSR count). The molecule has 0 radical (unpaired) electrons. The first-order valence-corrected chi connectivity index (χ1v) is 8.09. The molecule has 0 spiro atoms. The molecule has 1 saturated heterocycles. The van der Waals surface area contributed by atoms with Crippen molar-refractivity contribution in [1.29, 1.82) is 0 Å². The molecule has 0 aromatic carbocycles. The van der Waals surface area contributed by atoms with Gasteiger partial charge in [-0.3, -0.25) is 14.6 Å². The highest BCUT2D eigenvalue weighted by Gasteiger charge is 2.54. The molecular formula is C16H23N6O2+. The molecule has 1 unspecified atom stereocenters. The first kappa shape index (κ1) is 16.4. The molecular weight excluding hydrogens is 308 g/mol. The molecule has 0 saturated carbocycles. The Morgan fingerprint density at radius 2 is 2.12 bits per heavy atom. The molecule has 3 heterocycles. The van der Waals surface area contributed by atoms with Gasteiger partial charge in [0.1, 0.15) is 13.1 Å². The normalized spacial score (nSPS) is 23.5. The van der Waals surface area contributed by atoms with E-state index >= 15 is 0 Å². The van der Waals surface area contributed by atoms with E-state index in [4.69, 9.17) is 0 Å². The number of hydrogen-bond acceptors (Lipinski definition) is 5. The highest BCUT2D eigenvalue weighted by atomic mass is 16.2. The van der Waals surface area contributed by atoms with Crippen molar-refractivity contribution >= 4 is 29.4 Å². The van der Waals surface area contributed by atoms with E-state index in [9.17, 15) is 9.59 Å². The van der Waals surface area contributed by atoms with E-state index in [2.05, 4.69) is 16.7 Å². The Kier molecular flexibility index (Phi) is 3.98. The summed E-state index contributed by atoms with van der Waals surface area (Å²) in [6.07, 6.45) is 1.73. The second kappa shape index (κ2) is 5.85. The van der Waals surface area contributed by atoms with E-state index < -0.39 is 6.04 Å². The van der Waals surface area contributed by atoms with Gasteiger partial charge in [0.25, 0.3) is 5.91 Å². The van der Waals surface area contributed by atoms with Gasteiger partial charge < -0.3 is 0 Å². The zero-order valence-electron chi connectivity index (χ0n) is 14.6. The number of imide groups is 1. The standard InChI is InChI=1S/C16H23N6O2/c1-6-7-22-15-17-13-12(20(15)9-11(4)18-22)14(23)21(8-10(2)3)16(24)19(13)5/h6,10,12H,1,7-9H2,2-5H3/q+1. The predicted molar refractivity (Wildman–Crippen MR) is 91.1 cm³/mol. The molecule has 0 aromatic rings. The van der Waals surface area contributed by atoms with Gasteiger partial charge in [0.2, 0.25) is 11.9 Å². The summed E-state index contributed by atoms with van der Waals surface area (Å²) in [6.45, 7) is 11.0. The Morgan fingerprint density at radius 3 is 2.75 bits per heavy atom. The highest BCUT2D eigenvalue weighted by molar-refractivity contribution is 6.23. The summed E-state index contributed by atoms with van der Waals surface area (Å²) in [5.41, 5.74) is 0.889. The number of rotatable bonds is 4. The molecule has 0 aliphatic carbocycles. The van der Waals surface area contributed by atoms with Crippen molar-refractivity contribution < 1.29 is 14.2 Å². The minimum absolute atomic E-state index is 0.205. The number of aliphatic imine (C=N–C) groups is 1. The van der Waals surface area contributed by atoms with Crippen LogP contribution in [0.2, 0.25) is 0 Å². The lowest BCUT2D eigenvalue weighted by molar-refractivity contribution is -0.527. The molecule has 0 bridgehead atoms. The predicted octanol–water partition coefficient (Wildman–Crippen LogP) is 0.563. The van der Waals surface area contributed by atoms with Crippen LogP contribution >= 0.6 is 0 Å². The first-order chi connectivity index (χ1) is 11.3. The Hall–Kier alpha value is -2.51. The average Bonchev–Trinajstić information content (AvgIpc) is 2.89. The van der Waals surface area contributed by atoms with E-state index in [1.165, 1.54) is 9.80 Å². The number of guanidine groups is 1. The third-order valence-electron chi connectivity index (χ3n) is 4.16. The second-order valence-corrected chi connectivity index (χ2v) is 6.69. The number of fused-ring (bicyclic) bond motifs is 2. The summed E-state index contributed by atoms with van der Waals surface area (Å²) in [5.74, 6) is 1.06. The van der Waals surface area contributed by atoms with Crippen LogP contribution in [0.4, 0.5) is 4.79 Å². The van der Waals surface area contributed by atoms with Crippen molar-refractivity contribution in [3.63, 3.8) is 0 Å². The van der Waals surface area contributed by atoms with Crippen molar-refractivity contribution in [2.24, 2.45) is 16.0 Å². The number of hydrogen-bond donors (Lipinski definition) is 0. The van der Waals surface area contributed by atoms with Crippen LogP contribution in [0.5, 0.6) is 0 Å². The number of nitrogens with zero attached hydrogens (tertiary/aromatic N) is 6. The number of carbonyl (C=O) groups excluding carboxylic acids is 2. The molecule has 3 aliphatic rings. The second-order valence-electron chi connectivity index (χ2n) is 6.69. The zero-order valence-corrected chi connectivity index (χ0v) is 14.6. The fourth-order valence-corrected chi connectivity index (χ4v) is 3.18. The van der Waals surface area contributed by atoms with Gasteiger partial charge in [0, 0.05) is 13.6 Å².